The Bertz CT molecular complexity index is 421. The van der Waals surface area contributed by atoms with Gasteiger partial charge in [-0.25, -0.2) is 4.79 Å². The minimum absolute atomic E-state index is 0.0443. The van der Waals surface area contributed by atoms with Crippen LogP contribution in [0.25, 0.3) is 0 Å². The quantitative estimate of drug-likeness (QED) is 0.450. The Balaban J connectivity index is 3.96. The van der Waals surface area contributed by atoms with Crippen molar-refractivity contribution in [2.75, 3.05) is 26.3 Å². The van der Waals surface area contributed by atoms with Gasteiger partial charge in [0.25, 0.3) is 0 Å². The summed E-state index contributed by atoms with van der Waals surface area (Å²) in [5.41, 5.74) is 0.222. The van der Waals surface area contributed by atoms with Crippen molar-refractivity contribution in [1.82, 2.24) is 4.90 Å². The van der Waals surface area contributed by atoms with Gasteiger partial charge in [0, 0.05) is 25.1 Å². The van der Waals surface area contributed by atoms with Crippen molar-refractivity contribution in [2.24, 2.45) is 0 Å². The highest BCUT2D eigenvalue weighted by atomic mass is 16.6. The van der Waals surface area contributed by atoms with E-state index in [4.69, 9.17) is 9.47 Å². The molecule has 0 saturated heterocycles. The molecular formula is C16H27NO6. The number of carbonyl (C=O) groups excluding carboxylic acids is 3. The van der Waals surface area contributed by atoms with Crippen molar-refractivity contribution in [3.63, 3.8) is 0 Å². The van der Waals surface area contributed by atoms with Crippen LogP contribution < -0.4 is 0 Å². The van der Waals surface area contributed by atoms with Gasteiger partial charge < -0.3 is 19.5 Å². The molecule has 0 radical (unpaired) electrons. The Morgan fingerprint density at radius 1 is 1.13 bits per heavy atom. The van der Waals surface area contributed by atoms with E-state index in [1.807, 2.05) is 13.8 Å². The predicted molar refractivity (Wildman–Crippen MR) is 84.5 cm³/mol. The van der Waals surface area contributed by atoms with E-state index in [1.165, 1.54) is 6.92 Å². The predicted octanol–water partition coefficient (Wildman–Crippen LogP) is 1.05. The van der Waals surface area contributed by atoms with Crippen molar-refractivity contribution in [1.29, 1.82) is 0 Å². The highest BCUT2D eigenvalue weighted by Crippen LogP contribution is 2.02. The number of esters is 2. The van der Waals surface area contributed by atoms with Gasteiger partial charge in [-0.05, 0) is 20.3 Å². The molecule has 1 atom stereocenters. The minimum Gasteiger partial charge on any atom is -0.463 e. The molecule has 1 N–H and O–H groups in total. The molecule has 0 aromatic rings. The topological polar surface area (TPSA) is 93.1 Å². The third-order valence-electron chi connectivity index (χ3n) is 2.96. The first kappa shape index (κ1) is 21.1. The largest absolute Gasteiger partial charge is 0.463 e. The van der Waals surface area contributed by atoms with Crippen LogP contribution in [-0.4, -0.2) is 60.3 Å². The van der Waals surface area contributed by atoms with Gasteiger partial charge in [0.05, 0.1) is 6.42 Å². The van der Waals surface area contributed by atoms with E-state index in [2.05, 4.69) is 6.58 Å². The van der Waals surface area contributed by atoms with E-state index >= 15 is 0 Å². The zero-order chi connectivity index (χ0) is 17.8. The summed E-state index contributed by atoms with van der Waals surface area (Å²) < 4.78 is 9.58. The summed E-state index contributed by atoms with van der Waals surface area (Å²) in [6.07, 6.45) is -0.214. The van der Waals surface area contributed by atoms with Crippen LogP contribution in [-0.2, 0) is 23.9 Å². The molecule has 0 fully saturated rings. The third kappa shape index (κ3) is 9.67. The number of amides is 1. The second-order valence-electron chi connectivity index (χ2n) is 5.19. The molecule has 0 saturated carbocycles. The summed E-state index contributed by atoms with van der Waals surface area (Å²) in [5, 5.41) is 9.54. The van der Waals surface area contributed by atoms with Crippen LogP contribution in [0.4, 0.5) is 0 Å². The third-order valence-corrected chi connectivity index (χ3v) is 2.96. The number of aliphatic hydroxyl groups excluding tert-OH is 1. The molecule has 23 heavy (non-hydrogen) atoms. The average molecular weight is 329 g/mol. The zero-order valence-electron chi connectivity index (χ0n) is 14.2. The molecular weight excluding hydrogens is 302 g/mol. The van der Waals surface area contributed by atoms with Crippen LogP contribution >= 0.6 is 0 Å². The standard InChI is InChI=1S/C16H27NO6/c1-5-9-17(6-2)14(19)7-8-15(20)22-10-13(18)11-23-16(21)12(3)4/h13,18H,3,5-11H2,1-2,4H3. The molecule has 0 rings (SSSR count). The first-order chi connectivity index (χ1) is 10.8. The van der Waals surface area contributed by atoms with Gasteiger partial charge >= 0.3 is 11.9 Å². The molecule has 1 amide bonds. The van der Waals surface area contributed by atoms with E-state index < -0.39 is 18.0 Å². The number of aliphatic hydroxyl groups is 1. The van der Waals surface area contributed by atoms with Gasteiger partial charge in [-0.15, -0.1) is 0 Å². The smallest absolute Gasteiger partial charge is 0.333 e. The highest BCUT2D eigenvalue weighted by Gasteiger charge is 2.15. The number of nitrogens with zero attached hydrogens (tertiary/aromatic N) is 1. The van der Waals surface area contributed by atoms with Crippen molar-refractivity contribution < 1.29 is 29.0 Å². The second-order valence-corrected chi connectivity index (χ2v) is 5.19. The lowest BCUT2D eigenvalue weighted by molar-refractivity contribution is -0.151. The van der Waals surface area contributed by atoms with Gasteiger partial charge in [-0.2, -0.15) is 0 Å². The monoisotopic (exact) mass is 329 g/mol. The Labute approximate surface area is 137 Å². The van der Waals surface area contributed by atoms with Crippen molar-refractivity contribution in [3.05, 3.63) is 12.2 Å². The van der Waals surface area contributed by atoms with E-state index in [1.54, 1.807) is 4.90 Å². The molecule has 0 bridgehead atoms. The van der Waals surface area contributed by atoms with Gasteiger partial charge in [0.15, 0.2) is 0 Å². The van der Waals surface area contributed by atoms with E-state index in [-0.39, 0.29) is 37.5 Å². The molecule has 0 aromatic carbocycles. The lowest BCUT2D eigenvalue weighted by Crippen LogP contribution is -2.32. The van der Waals surface area contributed by atoms with Crippen molar-refractivity contribution >= 4 is 17.8 Å². The summed E-state index contributed by atoms with van der Waals surface area (Å²) in [4.78, 5) is 36.2. The molecule has 1 unspecified atom stereocenters. The minimum atomic E-state index is -1.11. The molecule has 0 spiro atoms. The first-order valence-electron chi connectivity index (χ1n) is 7.75. The Hall–Kier alpha value is -1.89. The molecule has 7 heteroatoms. The second kappa shape index (κ2) is 11.6. The summed E-state index contributed by atoms with van der Waals surface area (Å²) >= 11 is 0. The number of hydrogen-bond donors (Lipinski definition) is 1. The normalized spacial score (nSPS) is 11.5. The number of hydrogen-bond acceptors (Lipinski definition) is 6. The number of rotatable bonds is 11. The molecule has 0 aliphatic heterocycles. The molecule has 132 valence electrons. The fraction of sp³-hybridized carbons (Fsp3) is 0.688. The Kier molecular flexibility index (Phi) is 10.7. The summed E-state index contributed by atoms with van der Waals surface area (Å²) in [6.45, 7) is 9.46. The van der Waals surface area contributed by atoms with Crippen molar-refractivity contribution in [3.8, 4) is 0 Å². The van der Waals surface area contributed by atoms with Crippen LogP contribution in [0.15, 0.2) is 12.2 Å². The van der Waals surface area contributed by atoms with E-state index in [0.29, 0.717) is 13.1 Å². The van der Waals surface area contributed by atoms with E-state index in [9.17, 15) is 19.5 Å². The maximum atomic E-state index is 11.9. The maximum absolute atomic E-state index is 11.9. The molecule has 0 aliphatic rings. The molecule has 0 aromatic heterocycles. The van der Waals surface area contributed by atoms with Crippen molar-refractivity contribution in [2.45, 2.75) is 46.1 Å². The molecule has 0 heterocycles. The lowest BCUT2D eigenvalue weighted by atomic mass is 10.2. The highest BCUT2D eigenvalue weighted by molar-refractivity contribution is 5.86. The van der Waals surface area contributed by atoms with Gasteiger partial charge in [0.1, 0.15) is 19.3 Å². The SMILES string of the molecule is C=C(C)C(=O)OCC(O)COC(=O)CCC(=O)N(CC)CCC. The van der Waals surface area contributed by atoms with Gasteiger partial charge in [0.2, 0.25) is 5.91 Å². The fourth-order valence-electron chi connectivity index (χ4n) is 1.70. The van der Waals surface area contributed by atoms with Crippen LogP contribution in [0, 0.1) is 0 Å². The fourth-order valence-corrected chi connectivity index (χ4v) is 1.70. The number of ether oxygens (including phenoxy) is 2. The van der Waals surface area contributed by atoms with Crippen LogP contribution in [0.5, 0.6) is 0 Å². The van der Waals surface area contributed by atoms with E-state index in [0.717, 1.165) is 6.42 Å². The van der Waals surface area contributed by atoms with Crippen LogP contribution in [0.2, 0.25) is 0 Å². The number of carbonyl (C=O) groups is 3. The van der Waals surface area contributed by atoms with Gasteiger partial charge in [-0.3, -0.25) is 9.59 Å². The summed E-state index contributed by atoms with van der Waals surface area (Å²) in [6, 6.07) is 0. The Morgan fingerprint density at radius 2 is 1.74 bits per heavy atom. The maximum Gasteiger partial charge on any atom is 0.333 e. The average Bonchev–Trinajstić information content (AvgIpc) is 2.52. The first-order valence-corrected chi connectivity index (χ1v) is 7.75. The summed E-state index contributed by atoms with van der Waals surface area (Å²) in [7, 11) is 0. The zero-order valence-corrected chi connectivity index (χ0v) is 14.2. The Morgan fingerprint density at radius 3 is 2.26 bits per heavy atom. The van der Waals surface area contributed by atoms with Crippen LogP contribution in [0.3, 0.4) is 0 Å². The van der Waals surface area contributed by atoms with Gasteiger partial charge in [-0.1, -0.05) is 13.5 Å². The summed E-state index contributed by atoms with van der Waals surface area (Å²) in [5.74, 6) is -1.28. The van der Waals surface area contributed by atoms with Crippen LogP contribution in [0.1, 0.15) is 40.0 Å². The lowest BCUT2D eigenvalue weighted by Gasteiger charge is -2.19. The molecule has 0 aliphatic carbocycles. The molecule has 7 nitrogen and oxygen atoms in total.